The molecule has 6 nitrogen and oxygen atoms in total. The molecule has 0 radical (unpaired) electrons. The zero-order valence-electron chi connectivity index (χ0n) is 23.3. The first-order chi connectivity index (χ1) is 19.5. The highest BCUT2D eigenvalue weighted by atomic mass is 35.5. The number of ether oxygens (including phenoxy) is 1. The van der Waals surface area contributed by atoms with Crippen LogP contribution in [0, 0.1) is 0 Å². The summed E-state index contributed by atoms with van der Waals surface area (Å²) in [6.45, 7) is 9.41. The minimum absolute atomic E-state index is 0.0434. The number of aromatic amines is 1. The van der Waals surface area contributed by atoms with Crippen molar-refractivity contribution < 1.29 is 22.7 Å². The van der Waals surface area contributed by atoms with Crippen LogP contribution in [0.5, 0.6) is 0 Å². The number of nitrogens with zero attached hydrogens (tertiary/aromatic N) is 3. The summed E-state index contributed by atoms with van der Waals surface area (Å²) in [4.78, 5) is 23.3. The van der Waals surface area contributed by atoms with E-state index >= 15 is 0 Å². The number of carbonyl (C=O) groups excluding carboxylic acids is 1. The van der Waals surface area contributed by atoms with Crippen LogP contribution in [0.1, 0.15) is 35.3 Å². The second-order valence-electron chi connectivity index (χ2n) is 11.2. The van der Waals surface area contributed by atoms with E-state index in [9.17, 15) is 18.0 Å². The van der Waals surface area contributed by atoms with E-state index in [1.54, 1.807) is 29.4 Å². The minimum atomic E-state index is -4.57. The third kappa shape index (κ3) is 7.52. The molecule has 2 aliphatic heterocycles. The van der Waals surface area contributed by atoms with E-state index < -0.39 is 11.7 Å². The fourth-order valence-electron chi connectivity index (χ4n) is 5.96. The van der Waals surface area contributed by atoms with Crippen LogP contribution in [-0.4, -0.2) is 89.7 Å². The van der Waals surface area contributed by atoms with Crippen molar-refractivity contribution in [3.63, 3.8) is 0 Å². The Morgan fingerprint density at radius 1 is 0.951 bits per heavy atom. The first kappa shape index (κ1) is 29.6. The summed E-state index contributed by atoms with van der Waals surface area (Å²) in [7, 11) is 0. The fourth-order valence-corrected chi connectivity index (χ4v) is 6.08. The van der Waals surface area contributed by atoms with Gasteiger partial charge < -0.3 is 14.6 Å². The normalized spacial score (nSPS) is 22.7. The quantitative estimate of drug-likeness (QED) is 0.377. The van der Waals surface area contributed by atoms with Crippen molar-refractivity contribution in [2.75, 3.05) is 45.8 Å². The van der Waals surface area contributed by atoms with Crippen LogP contribution >= 0.6 is 11.6 Å². The lowest BCUT2D eigenvalue weighted by Gasteiger charge is -2.43. The van der Waals surface area contributed by atoms with E-state index in [2.05, 4.69) is 28.6 Å². The molecule has 220 valence electrons. The summed E-state index contributed by atoms with van der Waals surface area (Å²) in [6.07, 6.45) is -0.339. The van der Waals surface area contributed by atoms with Crippen LogP contribution in [0.2, 0.25) is 5.02 Å². The van der Waals surface area contributed by atoms with Gasteiger partial charge in [-0.15, -0.1) is 0 Å². The SMILES string of the molecule is C[C@@H]1CN(CCN2CCN(C(=O)c3cc(-c4cc[nH]c4)cc(C(F)(F)F)c3)C(Cc3ccc(Cl)cc3)C2)C[C@H](C)O1. The van der Waals surface area contributed by atoms with E-state index in [0.29, 0.717) is 42.2 Å². The topological polar surface area (TPSA) is 51.8 Å². The van der Waals surface area contributed by atoms with E-state index in [-0.39, 0.29) is 29.7 Å². The second-order valence-corrected chi connectivity index (χ2v) is 11.6. The number of H-pyrrole nitrogens is 1. The molecule has 0 saturated carbocycles. The molecule has 1 N–H and O–H groups in total. The zero-order valence-corrected chi connectivity index (χ0v) is 24.1. The Labute approximate surface area is 244 Å². The van der Waals surface area contributed by atoms with Crippen LogP contribution in [0.3, 0.4) is 0 Å². The van der Waals surface area contributed by atoms with Crippen molar-refractivity contribution in [1.82, 2.24) is 19.7 Å². The monoisotopic (exact) mass is 588 g/mol. The molecule has 2 aromatic carbocycles. The molecule has 0 aliphatic carbocycles. The summed E-state index contributed by atoms with van der Waals surface area (Å²) in [5.74, 6) is -0.387. The third-order valence-corrected chi connectivity index (χ3v) is 8.13. The molecule has 2 fully saturated rings. The molecule has 41 heavy (non-hydrogen) atoms. The lowest BCUT2D eigenvalue weighted by atomic mass is 9.98. The van der Waals surface area contributed by atoms with Gasteiger partial charge in [0.25, 0.3) is 5.91 Å². The van der Waals surface area contributed by atoms with Crippen molar-refractivity contribution >= 4 is 17.5 Å². The van der Waals surface area contributed by atoms with Gasteiger partial charge in [0.05, 0.1) is 17.8 Å². The Bertz CT molecular complexity index is 1310. The van der Waals surface area contributed by atoms with Gasteiger partial charge in [-0.05, 0) is 73.4 Å². The number of alkyl halides is 3. The summed E-state index contributed by atoms with van der Waals surface area (Å²) in [5, 5.41) is 0.627. The lowest BCUT2D eigenvalue weighted by Crippen LogP contribution is -2.57. The maximum Gasteiger partial charge on any atom is 0.416 e. The Morgan fingerprint density at radius 3 is 2.32 bits per heavy atom. The fraction of sp³-hybridized carbons (Fsp3) is 0.452. The van der Waals surface area contributed by atoms with Gasteiger partial charge in [0.1, 0.15) is 0 Å². The van der Waals surface area contributed by atoms with Gasteiger partial charge in [0.15, 0.2) is 0 Å². The van der Waals surface area contributed by atoms with Crippen molar-refractivity contribution in [1.29, 1.82) is 0 Å². The minimum Gasteiger partial charge on any atom is -0.373 e. The molecule has 0 spiro atoms. The maximum atomic E-state index is 13.9. The lowest BCUT2D eigenvalue weighted by molar-refractivity contribution is -0.137. The Balaban J connectivity index is 1.37. The molecule has 1 aromatic heterocycles. The number of carbonyl (C=O) groups is 1. The highest BCUT2D eigenvalue weighted by molar-refractivity contribution is 6.30. The number of hydrogen-bond donors (Lipinski definition) is 1. The average molecular weight is 589 g/mol. The molecule has 1 amide bonds. The van der Waals surface area contributed by atoms with E-state index in [1.165, 1.54) is 0 Å². The molecule has 0 bridgehead atoms. The van der Waals surface area contributed by atoms with Gasteiger partial charge >= 0.3 is 6.18 Å². The first-order valence-electron chi connectivity index (χ1n) is 14.1. The number of morpholine rings is 1. The van der Waals surface area contributed by atoms with Gasteiger partial charge in [0, 0.05) is 74.8 Å². The summed E-state index contributed by atoms with van der Waals surface area (Å²) >= 11 is 6.10. The van der Waals surface area contributed by atoms with Gasteiger partial charge in [-0.1, -0.05) is 23.7 Å². The summed E-state index contributed by atoms with van der Waals surface area (Å²) < 4.78 is 47.5. The molecule has 3 atom stereocenters. The predicted molar refractivity (Wildman–Crippen MR) is 154 cm³/mol. The number of halogens is 4. The number of nitrogens with one attached hydrogen (secondary N) is 1. The Hall–Kier alpha value is -2.85. The third-order valence-electron chi connectivity index (χ3n) is 7.88. The van der Waals surface area contributed by atoms with Gasteiger partial charge in [-0.25, -0.2) is 0 Å². The highest BCUT2D eigenvalue weighted by Crippen LogP contribution is 2.34. The molecule has 10 heteroatoms. The predicted octanol–water partition coefficient (Wildman–Crippen LogP) is 5.83. The Morgan fingerprint density at radius 2 is 1.66 bits per heavy atom. The Kier molecular flexibility index (Phi) is 9.09. The summed E-state index contributed by atoms with van der Waals surface area (Å²) in [6, 6.07) is 12.6. The smallest absolute Gasteiger partial charge is 0.373 e. The van der Waals surface area contributed by atoms with Gasteiger partial charge in [-0.2, -0.15) is 13.2 Å². The van der Waals surface area contributed by atoms with E-state index in [0.717, 1.165) is 43.9 Å². The van der Waals surface area contributed by atoms with Crippen molar-refractivity contribution in [3.05, 3.63) is 82.6 Å². The molecule has 2 saturated heterocycles. The van der Waals surface area contributed by atoms with Crippen LogP contribution < -0.4 is 0 Å². The number of rotatable bonds is 7. The van der Waals surface area contributed by atoms with Crippen molar-refractivity contribution in [2.45, 2.75) is 44.7 Å². The number of piperazine rings is 1. The average Bonchev–Trinajstić information content (AvgIpc) is 3.47. The number of benzene rings is 2. The highest BCUT2D eigenvalue weighted by Gasteiger charge is 2.35. The zero-order chi connectivity index (χ0) is 29.1. The van der Waals surface area contributed by atoms with Crippen LogP contribution in [0.25, 0.3) is 11.1 Å². The molecule has 3 aromatic rings. The van der Waals surface area contributed by atoms with Crippen LogP contribution in [0.15, 0.2) is 60.9 Å². The summed E-state index contributed by atoms with van der Waals surface area (Å²) in [5.41, 5.74) is 1.18. The molecule has 3 heterocycles. The number of amides is 1. The largest absolute Gasteiger partial charge is 0.416 e. The maximum absolute atomic E-state index is 13.9. The van der Waals surface area contributed by atoms with Crippen molar-refractivity contribution in [2.24, 2.45) is 0 Å². The molecule has 5 rings (SSSR count). The van der Waals surface area contributed by atoms with Crippen LogP contribution in [0.4, 0.5) is 13.2 Å². The van der Waals surface area contributed by atoms with Crippen molar-refractivity contribution in [3.8, 4) is 11.1 Å². The van der Waals surface area contributed by atoms with Gasteiger partial charge in [0.2, 0.25) is 0 Å². The molecule has 1 unspecified atom stereocenters. The molecular formula is C31H36ClF3N4O2. The number of hydrogen-bond acceptors (Lipinski definition) is 4. The standard InChI is InChI=1S/C31H36ClF3N4O2/c1-21-18-38(19-22(2)41-21)10-9-37-11-12-39(29(20-37)13-23-3-5-28(32)6-4-23)30(40)26-14-25(24-7-8-36-17-24)15-27(16-26)31(33,34)35/h3-8,14-17,21-22,29,36H,9-13,18-20H2,1-2H3/t21-,22+,29?. The van der Waals surface area contributed by atoms with Gasteiger partial charge in [-0.3, -0.25) is 14.6 Å². The molecule has 2 aliphatic rings. The van der Waals surface area contributed by atoms with E-state index in [4.69, 9.17) is 16.3 Å². The van der Waals surface area contributed by atoms with E-state index in [1.807, 2.05) is 24.3 Å². The first-order valence-corrected chi connectivity index (χ1v) is 14.4. The molecular weight excluding hydrogens is 553 g/mol. The number of aromatic nitrogens is 1. The van der Waals surface area contributed by atoms with Crippen LogP contribution in [-0.2, 0) is 17.3 Å². The second kappa shape index (κ2) is 12.6.